The first kappa shape index (κ1) is 9.78. The van der Waals surface area contributed by atoms with Crippen molar-refractivity contribution in [3.63, 3.8) is 0 Å². The van der Waals surface area contributed by atoms with Gasteiger partial charge in [0.15, 0.2) is 0 Å². The second-order valence-corrected chi connectivity index (χ2v) is 4.50. The van der Waals surface area contributed by atoms with Crippen LogP contribution >= 0.6 is 15.9 Å². The van der Waals surface area contributed by atoms with Crippen LogP contribution in [-0.4, -0.2) is 13.1 Å². The molecule has 0 fully saturated rings. The first-order valence-electron chi connectivity index (χ1n) is 4.94. The number of halogens is 1. The Balaban J connectivity index is 2.53. The number of nitrogens with zero attached hydrogens (tertiary/aromatic N) is 1. The highest BCUT2D eigenvalue weighted by Gasteiger charge is 2.14. The Labute approximate surface area is 93.6 Å². The smallest absolute Gasteiger partial charge is 0.0445 e. The van der Waals surface area contributed by atoms with Crippen molar-refractivity contribution >= 4 is 27.2 Å². The van der Waals surface area contributed by atoms with Crippen LogP contribution in [0.25, 0.3) is 5.57 Å². The largest absolute Gasteiger partial charge is 0.368 e. The minimum Gasteiger partial charge on any atom is -0.368 e. The second-order valence-electron chi connectivity index (χ2n) is 3.59. The van der Waals surface area contributed by atoms with E-state index >= 15 is 0 Å². The number of likely N-dealkylation sites (N-methyl/N-ethyl adjacent to an activating group) is 1. The van der Waals surface area contributed by atoms with E-state index in [1.807, 2.05) is 0 Å². The highest BCUT2D eigenvalue weighted by molar-refractivity contribution is 9.10. The predicted molar refractivity (Wildman–Crippen MR) is 65.7 cm³/mol. The van der Waals surface area contributed by atoms with Crippen LogP contribution in [0.2, 0.25) is 0 Å². The molecule has 2 rings (SSSR count). The first-order valence-corrected chi connectivity index (χ1v) is 5.73. The molecule has 0 radical (unpaired) electrons. The quantitative estimate of drug-likeness (QED) is 0.736. The molecule has 0 aliphatic carbocycles. The lowest BCUT2D eigenvalue weighted by atomic mass is 10.0. The molecule has 1 heterocycles. The van der Waals surface area contributed by atoms with Crippen molar-refractivity contribution in [2.45, 2.75) is 13.8 Å². The minimum absolute atomic E-state index is 1.04. The van der Waals surface area contributed by atoms with Gasteiger partial charge in [0.25, 0.3) is 0 Å². The number of benzene rings is 1. The van der Waals surface area contributed by atoms with E-state index in [1.165, 1.54) is 16.8 Å². The van der Waals surface area contributed by atoms with E-state index in [-0.39, 0.29) is 0 Å². The Kier molecular flexibility index (Phi) is 2.64. The van der Waals surface area contributed by atoms with Crippen molar-refractivity contribution in [2.24, 2.45) is 0 Å². The maximum Gasteiger partial charge on any atom is 0.0445 e. The number of hydrogen-bond acceptors (Lipinski definition) is 1. The van der Waals surface area contributed by atoms with E-state index in [0.717, 1.165) is 17.6 Å². The van der Waals surface area contributed by atoms with Crippen LogP contribution in [0, 0.1) is 0 Å². The molecule has 1 aromatic rings. The molecule has 0 N–H and O–H groups in total. The Morgan fingerprint density at radius 1 is 1.43 bits per heavy atom. The molecule has 0 unspecified atom stereocenters. The van der Waals surface area contributed by atoms with Crippen LogP contribution in [0.4, 0.5) is 5.69 Å². The molecular formula is C12H14BrN. The van der Waals surface area contributed by atoms with Gasteiger partial charge in [-0.25, -0.2) is 0 Å². The van der Waals surface area contributed by atoms with Crippen LogP contribution in [0.5, 0.6) is 0 Å². The van der Waals surface area contributed by atoms with Crippen LogP contribution in [-0.2, 0) is 0 Å². The molecule has 0 aromatic heterocycles. The molecule has 14 heavy (non-hydrogen) atoms. The summed E-state index contributed by atoms with van der Waals surface area (Å²) in [6.07, 6.45) is 2.29. The molecule has 1 aliphatic heterocycles. The molecular weight excluding hydrogens is 238 g/mol. The van der Waals surface area contributed by atoms with Crippen molar-refractivity contribution in [1.29, 1.82) is 0 Å². The molecule has 1 aliphatic rings. The highest BCUT2D eigenvalue weighted by atomic mass is 79.9. The van der Waals surface area contributed by atoms with Crippen molar-refractivity contribution in [3.8, 4) is 0 Å². The Bertz CT molecular complexity index is 382. The molecule has 0 saturated heterocycles. The fourth-order valence-electron chi connectivity index (χ4n) is 1.85. The Morgan fingerprint density at radius 2 is 2.21 bits per heavy atom. The zero-order valence-electron chi connectivity index (χ0n) is 8.55. The van der Waals surface area contributed by atoms with Crippen LogP contribution < -0.4 is 4.90 Å². The van der Waals surface area contributed by atoms with E-state index < -0.39 is 0 Å². The number of anilines is 1. The summed E-state index contributed by atoms with van der Waals surface area (Å²) in [4.78, 5) is 2.38. The lowest BCUT2D eigenvalue weighted by Gasteiger charge is -2.29. The normalized spacial score (nSPS) is 15.1. The fraction of sp³-hybridized carbons (Fsp3) is 0.333. The number of rotatable bonds is 1. The van der Waals surface area contributed by atoms with Gasteiger partial charge in [-0.15, -0.1) is 0 Å². The molecule has 2 heteroatoms. The average Bonchev–Trinajstić information content (AvgIpc) is 2.19. The Hall–Kier alpha value is -0.760. The maximum atomic E-state index is 3.51. The summed E-state index contributed by atoms with van der Waals surface area (Å²) >= 11 is 3.51. The van der Waals surface area contributed by atoms with Gasteiger partial charge in [0, 0.05) is 28.8 Å². The summed E-state index contributed by atoms with van der Waals surface area (Å²) in [6, 6.07) is 6.50. The summed E-state index contributed by atoms with van der Waals surface area (Å²) in [7, 11) is 0. The lowest BCUT2D eigenvalue weighted by Crippen LogP contribution is -2.26. The van der Waals surface area contributed by atoms with Gasteiger partial charge in [-0.3, -0.25) is 0 Å². The van der Waals surface area contributed by atoms with Crippen LogP contribution in [0.15, 0.2) is 28.7 Å². The van der Waals surface area contributed by atoms with Crippen LogP contribution in [0.1, 0.15) is 19.4 Å². The monoisotopic (exact) mass is 251 g/mol. The van der Waals surface area contributed by atoms with E-state index in [4.69, 9.17) is 0 Å². The predicted octanol–water partition coefficient (Wildman–Crippen LogP) is 3.69. The zero-order valence-corrected chi connectivity index (χ0v) is 10.1. The highest BCUT2D eigenvalue weighted by Crippen LogP contribution is 2.32. The fourth-order valence-corrected chi connectivity index (χ4v) is 2.22. The van der Waals surface area contributed by atoms with Crippen molar-refractivity contribution < 1.29 is 0 Å². The van der Waals surface area contributed by atoms with Gasteiger partial charge in [-0.1, -0.05) is 22.0 Å². The number of fused-ring (bicyclic) bond motifs is 1. The van der Waals surface area contributed by atoms with Crippen LogP contribution in [0.3, 0.4) is 0 Å². The average molecular weight is 252 g/mol. The van der Waals surface area contributed by atoms with Crippen molar-refractivity contribution in [1.82, 2.24) is 0 Å². The first-order chi connectivity index (χ1) is 6.72. The SMILES string of the molecule is CCN1CC=C(C)c2cc(Br)ccc21. The third-order valence-electron chi connectivity index (χ3n) is 2.72. The van der Waals surface area contributed by atoms with E-state index in [9.17, 15) is 0 Å². The molecule has 0 amide bonds. The van der Waals surface area contributed by atoms with Gasteiger partial charge in [0.1, 0.15) is 0 Å². The summed E-state index contributed by atoms with van der Waals surface area (Å²) < 4.78 is 1.15. The summed E-state index contributed by atoms with van der Waals surface area (Å²) in [5.41, 5.74) is 4.09. The van der Waals surface area contributed by atoms with Crippen molar-refractivity contribution in [2.75, 3.05) is 18.0 Å². The minimum atomic E-state index is 1.04. The summed E-state index contributed by atoms with van der Waals surface area (Å²) in [5, 5.41) is 0. The van der Waals surface area contributed by atoms with E-state index in [0.29, 0.717) is 0 Å². The summed E-state index contributed by atoms with van der Waals surface area (Å²) in [5.74, 6) is 0. The van der Waals surface area contributed by atoms with Gasteiger partial charge < -0.3 is 4.90 Å². The molecule has 1 nitrogen and oxygen atoms in total. The molecule has 74 valence electrons. The number of allylic oxidation sites excluding steroid dienone is 1. The van der Waals surface area contributed by atoms with Gasteiger partial charge in [-0.2, -0.15) is 0 Å². The van der Waals surface area contributed by atoms with Crippen molar-refractivity contribution in [3.05, 3.63) is 34.3 Å². The summed E-state index contributed by atoms with van der Waals surface area (Å²) in [6.45, 7) is 6.48. The zero-order chi connectivity index (χ0) is 10.1. The third kappa shape index (κ3) is 1.59. The lowest BCUT2D eigenvalue weighted by molar-refractivity contribution is 0.894. The molecule has 1 aromatic carbocycles. The molecule has 0 saturated carbocycles. The molecule has 0 atom stereocenters. The Morgan fingerprint density at radius 3 is 2.93 bits per heavy atom. The maximum absolute atomic E-state index is 3.51. The number of hydrogen-bond donors (Lipinski definition) is 0. The van der Waals surface area contributed by atoms with Gasteiger partial charge in [-0.05, 0) is 37.6 Å². The second kappa shape index (κ2) is 3.77. The van der Waals surface area contributed by atoms with Gasteiger partial charge in [0.2, 0.25) is 0 Å². The van der Waals surface area contributed by atoms with Gasteiger partial charge >= 0.3 is 0 Å². The van der Waals surface area contributed by atoms with E-state index in [1.54, 1.807) is 0 Å². The third-order valence-corrected chi connectivity index (χ3v) is 3.22. The molecule has 0 spiro atoms. The van der Waals surface area contributed by atoms with E-state index in [2.05, 4.69) is 59.0 Å². The standard InChI is InChI=1S/C12H14BrN/c1-3-14-7-6-9(2)11-8-10(13)4-5-12(11)14/h4-6,8H,3,7H2,1-2H3. The van der Waals surface area contributed by atoms with Gasteiger partial charge in [0.05, 0.1) is 0 Å². The topological polar surface area (TPSA) is 3.24 Å². The molecule has 0 bridgehead atoms.